The van der Waals surface area contributed by atoms with Crippen molar-refractivity contribution >= 4 is 28.5 Å². The number of benzene rings is 2. The normalized spacial score (nSPS) is 13.3. The Balaban J connectivity index is 1.33. The molecular formula is C29H26FN5O2. The van der Waals surface area contributed by atoms with Crippen LogP contribution in [0.15, 0.2) is 85.8 Å². The Morgan fingerprint density at radius 3 is 2.57 bits per heavy atom. The summed E-state index contributed by atoms with van der Waals surface area (Å²) in [6.07, 6.45) is 5.10. The lowest BCUT2D eigenvalue weighted by atomic mass is 9.98. The minimum Gasteiger partial charge on any atom is -0.398 e. The third kappa shape index (κ3) is 5.34. The number of nitrogen functional groups attached to an aromatic ring is 1. The lowest BCUT2D eigenvalue weighted by molar-refractivity contribution is -0.111. The molecule has 0 spiro atoms. The van der Waals surface area contributed by atoms with Crippen LogP contribution in [0.25, 0.3) is 28.0 Å². The van der Waals surface area contributed by atoms with E-state index in [0.29, 0.717) is 41.4 Å². The molecule has 8 heteroatoms. The Morgan fingerprint density at radius 1 is 1.00 bits per heavy atom. The van der Waals surface area contributed by atoms with E-state index in [0.717, 1.165) is 29.9 Å². The fourth-order valence-electron chi connectivity index (χ4n) is 4.20. The van der Waals surface area contributed by atoms with Crippen LogP contribution in [0.1, 0.15) is 5.56 Å². The van der Waals surface area contributed by atoms with E-state index in [-0.39, 0.29) is 11.4 Å². The zero-order valence-corrected chi connectivity index (χ0v) is 20.2. The SMILES string of the molecule is C=C(C(=O)Nc1ccc(-c2ccccc2F)nc1)c1cc(-c2cncc(N3CCOCC3)c2)ccc1N. The van der Waals surface area contributed by atoms with Crippen LogP contribution in [0.5, 0.6) is 0 Å². The van der Waals surface area contributed by atoms with Gasteiger partial charge in [-0.15, -0.1) is 0 Å². The molecule has 3 N–H and O–H groups in total. The van der Waals surface area contributed by atoms with Gasteiger partial charge in [0.2, 0.25) is 0 Å². The van der Waals surface area contributed by atoms with Crippen LogP contribution in [-0.2, 0) is 9.53 Å². The van der Waals surface area contributed by atoms with Crippen LogP contribution >= 0.6 is 0 Å². The summed E-state index contributed by atoms with van der Waals surface area (Å²) >= 11 is 0. The van der Waals surface area contributed by atoms with Gasteiger partial charge in [0.15, 0.2) is 0 Å². The lowest BCUT2D eigenvalue weighted by Crippen LogP contribution is -2.36. The zero-order chi connectivity index (χ0) is 25.8. The molecule has 1 aliphatic rings. The van der Waals surface area contributed by atoms with Crippen molar-refractivity contribution in [1.82, 2.24) is 9.97 Å². The van der Waals surface area contributed by atoms with Gasteiger partial charge in [-0.1, -0.05) is 24.8 Å². The number of hydrogen-bond donors (Lipinski definition) is 2. The number of nitrogens with zero attached hydrogens (tertiary/aromatic N) is 3. The summed E-state index contributed by atoms with van der Waals surface area (Å²) in [6, 6.07) is 17.3. The van der Waals surface area contributed by atoms with Gasteiger partial charge in [0.05, 0.1) is 42.7 Å². The van der Waals surface area contributed by atoms with Gasteiger partial charge in [0.25, 0.3) is 5.91 Å². The summed E-state index contributed by atoms with van der Waals surface area (Å²) in [5, 5.41) is 2.79. The van der Waals surface area contributed by atoms with Crippen molar-refractivity contribution in [3.05, 3.63) is 97.2 Å². The molecule has 0 radical (unpaired) electrons. The average molecular weight is 496 g/mol. The number of pyridine rings is 2. The van der Waals surface area contributed by atoms with Gasteiger partial charge in [0, 0.05) is 47.2 Å². The summed E-state index contributed by atoms with van der Waals surface area (Å²) in [5.74, 6) is -0.773. The molecule has 0 unspecified atom stereocenters. The second-order valence-electron chi connectivity index (χ2n) is 8.68. The summed E-state index contributed by atoms with van der Waals surface area (Å²) in [6.45, 7) is 6.98. The van der Waals surface area contributed by atoms with Gasteiger partial charge in [0.1, 0.15) is 5.82 Å². The van der Waals surface area contributed by atoms with Crippen LogP contribution in [0.3, 0.4) is 0 Å². The van der Waals surface area contributed by atoms with Gasteiger partial charge in [-0.2, -0.15) is 0 Å². The highest BCUT2D eigenvalue weighted by molar-refractivity contribution is 6.25. The quantitative estimate of drug-likeness (QED) is 0.288. The number of nitrogens with one attached hydrogen (secondary N) is 1. The number of hydrogen-bond acceptors (Lipinski definition) is 6. The van der Waals surface area contributed by atoms with Crippen molar-refractivity contribution < 1.29 is 13.9 Å². The van der Waals surface area contributed by atoms with Crippen molar-refractivity contribution in [1.29, 1.82) is 0 Å². The van der Waals surface area contributed by atoms with E-state index in [1.165, 1.54) is 12.3 Å². The zero-order valence-electron chi connectivity index (χ0n) is 20.2. The van der Waals surface area contributed by atoms with E-state index in [1.54, 1.807) is 42.6 Å². The summed E-state index contributed by atoms with van der Waals surface area (Å²) in [4.78, 5) is 23.9. The van der Waals surface area contributed by atoms with E-state index < -0.39 is 5.91 Å². The van der Waals surface area contributed by atoms with E-state index in [2.05, 4.69) is 32.8 Å². The standard InChI is InChI=1S/C29H26FN5O2/c1-19(29(36)34-22-7-9-28(33-17-22)24-4-2-3-5-26(24)30)25-15-20(6-8-27(25)31)21-14-23(18-32-16-21)35-10-12-37-13-11-35/h2-9,14-18H,1,10-13,31H2,(H,34,36). The van der Waals surface area contributed by atoms with E-state index in [1.807, 2.05) is 18.3 Å². The Labute approximate surface area is 214 Å². The molecule has 3 heterocycles. The Hall–Kier alpha value is -4.56. The topological polar surface area (TPSA) is 93.4 Å². The van der Waals surface area contributed by atoms with E-state index in [9.17, 15) is 9.18 Å². The van der Waals surface area contributed by atoms with Crippen molar-refractivity contribution in [2.75, 3.05) is 42.3 Å². The van der Waals surface area contributed by atoms with Crippen LogP contribution in [0.2, 0.25) is 0 Å². The second-order valence-corrected chi connectivity index (χ2v) is 8.68. The first-order chi connectivity index (χ1) is 18.0. The number of rotatable bonds is 6. The highest BCUT2D eigenvalue weighted by atomic mass is 19.1. The van der Waals surface area contributed by atoms with Gasteiger partial charge in [-0.3, -0.25) is 14.8 Å². The van der Waals surface area contributed by atoms with Gasteiger partial charge in [-0.05, 0) is 48.0 Å². The monoisotopic (exact) mass is 495 g/mol. The maximum absolute atomic E-state index is 14.0. The van der Waals surface area contributed by atoms with Crippen molar-refractivity contribution in [2.45, 2.75) is 0 Å². The Morgan fingerprint density at radius 2 is 1.81 bits per heavy atom. The summed E-state index contributed by atoms with van der Waals surface area (Å²) in [5.41, 5.74) is 11.5. The Kier molecular flexibility index (Phi) is 6.91. The highest BCUT2D eigenvalue weighted by Crippen LogP contribution is 2.30. The molecule has 1 aliphatic heterocycles. The van der Waals surface area contributed by atoms with E-state index in [4.69, 9.17) is 10.5 Å². The van der Waals surface area contributed by atoms with Crippen molar-refractivity contribution in [3.8, 4) is 22.4 Å². The van der Waals surface area contributed by atoms with Crippen LogP contribution in [0, 0.1) is 5.82 Å². The smallest absolute Gasteiger partial charge is 0.255 e. The first-order valence-corrected chi connectivity index (χ1v) is 11.9. The first-order valence-electron chi connectivity index (χ1n) is 11.9. The van der Waals surface area contributed by atoms with Crippen LogP contribution < -0.4 is 16.0 Å². The molecule has 5 rings (SSSR count). The number of carbonyl (C=O) groups is 1. The molecule has 2 aromatic carbocycles. The molecule has 0 atom stereocenters. The molecule has 1 saturated heterocycles. The predicted molar refractivity (Wildman–Crippen MR) is 144 cm³/mol. The molecule has 7 nitrogen and oxygen atoms in total. The third-order valence-electron chi connectivity index (χ3n) is 6.26. The van der Waals surface area contributed by atoms with Crippen molar-refractivity contribution in [2.24, 2.45) is 0 Å². The minimum atomic E-state index is -0.413. The largest absolute Gasteiger partial charge is 0.398 e. The number of carbonyl (C=O) groups excluding carboxylic acids is 1. The summed E-state index contributed by atoms with van der Waals surface area (Å²) in [7, 11) is 0. The second kappa shape index (κ2) is 10.6. The first kappa shape index (κ1) is 24.1. The molecular weight excluding hydrogens is 469 g/mol. The predicted octanol–water partition coefficient (Wildman–Crippen LogP) is 5.02. The van der Waals surface area contributed by atoms with Gasteiger partial charge >= 0.3 is 0 Å². The molecule has 0 bridgehead atoms. The molecule has 0 saturated carbocycles. The van der Waals surface area contributed by atoms with Crippen LogP contribution in [-0.4, -0.2) is 42.2 Å². The minimum absolute atomic E-state index is 0.217. The molecule has 1 fully saturated rings. The maximum Gasteiger partial charge on any atom is 0.255 e. The lowest BCUT2D eigenvalue weighted by Gasteiger charge is -2.28. The molecule has 1 amide bonds. The fraction of sp³-hybridized carbons (Fsp3) is 0.138. The number of halogens is 1. The number of nitrogens with two attached hydrogens (primary N) is 1. The molecule has 0 aliphatic carbocycles. The van der Waals surface area contributed by atoms with Crippen molar-refractivity contribution in [3.63, 3.8) is 0 Å². The number of anilines is 3. The Bertz CT molecular complexity index is 1450. The third-order valence-corrected chi connectivity index (χ3v) is 6.26. The van der Waals surface area contributed by atoms with Gasteiger partial charge < -0.3 is 20.7 Å². The fourth-order valence-corrected chi connectivity index (χ4v) is 4.20. The molecule has 37 heavy (non-hydrogen) atoms. The number of ether oxygens (including phenoxy) is 1. The number of aromatic nitrogens is 2. The average Bonchev–Trinajstić information content (AvgIpc) is 2.94. The van der Waals surface area contributed by atoms with E-state index >= 15 is 0 Å². The molecule has 4 aromatic rings. The molecule has 2 aromatic heterocycles. The summed E-state index contributed by atoms with van der Waals surface area (Å²) < 4.78 is 19.5. The van der Waals surface area contributed by atoms with Gasteiger partial charge in [-0.25, -0.2) is 4.39 Å². The number of morpholine rings is 1. The van der Waals surface area contributed by atoms with Crippen LogP contribution in [0.4, 0.5) is 21.5 Å². The molecule has 186 valence electrons. The highest BCUT2D eigenvalue weighted by Gasteiger charge is 2.16. The maximum atomic E-state index is 14.0. The number of amides is 1.